The molecule has 1 aliphatic rings. The normalized spacial score (nSPS) is 17.9. The van der Waals surface area contributed by atoms with Crippen LogP contribution in [-0.4, -0.2) is 23.9 Å². The first-order valence-electron chi connectivity index (χ1n) is 9.27. The van der Waals surface area contributed by atoms with Gasteiger partial charge in [-0.15, -0.1) is 0 Å². The Hall–Kier alpha value is -3.38. The number of ketones is 1. The van der Waals surface area contributed by atoms with Crippen molar-refractivity contribution in [2.75, 3.05) is 12.0 Å². The van der Waals surface area contributed by atoms with Crippen molar-refractivity contribution in [2.24, 2.45) is 0 Å². The molecule has 1 aliphatic heterocycles. The second-order valence-corrected chi connectivity index (χ2v) is 7.70. The maximum Gasteiger partial charge on any atom is 0.300 e. The Morgan fingerprint density at radius 1 is 0.967 bits per heavy atom. The highest BCUT2D eigenvalue weighted by Crippen LogP contribution is 2.42. The van der Waals surface area contributed by atoms with Crippen molar-refractivity contribution in [3.8, 4) is 5.75 Å². The number of methoxy groups -OCH3 is 1. The van der Waals surface area contributed by atoms with Gasteiger partial charge >= 0.3 is 0 Å². The van der Waals surface area contributed by atoms with E-state index in [1.807, 2.05) is 12.1 Å². The van der Waals surface area contributed by atoms with Crippen LogP contribution in [0.2, 0.25) is 0 Å². The number of Topliss-reactive ketones (excluding diaryl/α,β-unsaturated/α-hetero) is 1. The molecule has 1 heterocycles. The lowest BCUT2D eigenvalue weighted by Gasteiger charge is -2.25. The molecule has 3 aromatic rings. The van der Waals surface area contributed by atoms with Gasteiger partial charge in [-0.1, -0.05) is 64.5 Å². The number of carbonyl (C=O) groups is 2. The molecule has 0 saturated carbocycles. The number of aliphatic hydroxyl groups is 1. The van der Waals surface area contributed by atoms with Crippen molar-refractivity contribution < 1.29 is 19.4 Å². The summed E-state index contributed by atoms with van der Waals surface area (Å²) in [6, 6.07) is 22.2. The molecule has 6 heteroatoms. The fourth-order valence-corrected chi connectivity index (χ4v) is 3.97. The van der Waals surface area contributed by atoms with Gasteiger partial charge in [0.05, 0.1) is 18.7 Å². The highest BCUT2D eigenvalue weighted by Gasteiger charge is 2.47. The van der Waals surface area contributed by atoms with E-state index in [1.165, 1.54) is 4.90 Å². The highest BCUT2D eigenvalue weighted by atomic mass is 79.9. The number of rotatable bonds is 4. The van der Waals surface area contributed by atoms with Crippen molar-refractivity contribution in [1.29, 1.82) is 0 Å². The molecule has 0 aliphatic carbocycles. The molecule has 1 saturated heterocycles. The third-order valence-electron chi connectivity index (χ3n) is 5.01. The zero-order chi connectivity index (χ0) is 21.3. The van der Waals surface area contributed by atoms with E-state index in [1.54, 1.807) is 73.8 Å². The zero-order valence-corrected chi connectivity index (χ0v) is 17.7. The number of benzene rings is 3. The van der Waals surface area contributed by atoms with Gasteiger partial charge in [-0.05, 0) is 35.9 Å². The van der Waals surface area contributed by atoms with Crippen LogP contribution in [0.3, 0.4) is 0 Å². The molecule has 1 fully saturated rings. The van der Waals surface area contributed by atoms with Crippen LogP contribution in [0.15, 0.2) is 88.9 Å². The number of amides is 1. The zero-order valence-electron chi connectivity index (χ0n) is 16.1. The SMILES string of the molecule is COc1ccc(C2C(=C(O)c3ccccc3)C(=O)C(=O)N2c2cccc(Br)c2)cc1. The Bertz CT molecular complexity index is 1140. The monoisotopic (exact) mass is 463 g/mol. The molecule has 0 spiro atoms. The van der Waals surface area contributed by atoms with Gasteiger partial charge in [0, 0.05) is 15.7 Å². The van der Waals surface area contributed by atoms with Gasteiger partial charge in [0.25, 0.3) is 11.7 Å². The Morgan fingerprint density at radius 2 is 1.67 bits per heavy atom. The lowest BCUT2D eigenvalue weighted by atomic mass is 9.95. The van der Waals surface area contributed by atoms with Gasteiger partial charge in [-0.25, -0.2) is 0 Å². The summed E-state index contributed by atoms with van der Waals surface area (Å²) in [5, 5.41) is 11.0. The van der Waals surface area contributed by atoms with E-state index in [9.17, 15) is 14.7 Å². The molecule has 0 aromatic heterocycles. The van der Waals surface area contributed by atoms with E-state index in [4.69, 9.17) is 4.74 Å². The van der Waals surface area contributed by atoms with Gasteiger partial charge in [0.15, 0.2) is 0 Å². The quantitative estimate of drug-likeness (QED) is 0.332. The van der Waals surface area contributed by atoms with Crippen LogP contribution in [0, 0.1) is 0 Å². The molecule has 5 nitrogen and oxygen atoms in total. The number of hydrogen-bond donors (Lipinski definition) is 1. The molecule has 1 unspecified atom stereocenters. The molecular formula is C24H18BrNO4. The van der Waals surface area contributed by atoms with Crippen LogP contribution in [0.25, 0.3) is 5.76 Å². The van der Waals surface area contributed by atoms with Crippen molar-refractivity contribution in [2.45, 2.75) is 6.04 Å². The Labute approximate surface area is 182 Å². The predicted molar refractivity (Wildman–Crippen MR) is 118 cm³/mol. The van der Waals surface area contributed by atoms with E-state index >= 15 is 0 Å². The first-order chi connectivity index (χ1) is 14.5. The van der Waals surface area contributed by atoms with E-state index in [2.05, 4.69) is 15.9 Å². The summed E-state index contributed by atoms with van der Waals surface area (Å²) >= 11 is 3.42. The summed E-state index contributed by atoms with van der Waals surface area (Å²) in [7, 11) is 1.57. The van der Waals surface area contributed by atoms with Crippen LogP contribution in [-0.2, 0) is 9.59 Å². The number of hydrogen-bond acceptors (Lipinski definition) is 4. The van der Waals surface area contributed by atoms with Crippen LogP contribution >= 0.6 is 15.9 Å². The molecule has 4 rings (SSSR count). The van der Waals surface area contributed by atoms with E-state index in [0.717, 1.165) is 4.47 Å². The Kier molecular flexibility index (Phi) is 5.42. The molecule has 30 heavy (non-hydrogen) atoms. The summed E-state index contributed by atoms with van der Waals surface area (Å²) in [4.78, 5) is 27.5. The molecule has 1 amide bonds. The fourth-order valence-electron chi connectivity index (χ4n) is 3.58. The highest BCUT2D eigenvalue weighted by molar-refractivity contribution is 9.10. The standard InChI is InChI=1S/C24H18BrNO4/c1-30-19-12-10-15(11-13-19)21-20(22(27)16-6-3-2-4-7-16)23(28)24(29)26(21)18-9-5-8-17(25)14-18/h2-14,21,27H,1H3. The van der Waals surface area contributed by atoms with E-state index in [-0.39, 0.29) is 11.3 Å². The summed E-state index contributed by atoms with van der Waals surface area (Å²) in [6.07, 6.45) is 0. The first kappa shape index (κ1) is 19.9. The average Bonchev–Trinajstić information content (AvgIpc) is 3.04. The fraction of sp³-hybridized carbons (Fsp3) is 0.0833. The first-order valence-corrected chi connectivity index (χ1v) is 10.1. The minimum Gasteiger partial charge on any atom is -0.507 e. The number of halogens is 1. The van der Waals surface area contributed by atoms with Crippen LogP contribution in [0.1, 0.15) is 17.2 Å². The second-order valence-electron chi connectivity index (χ2n) is 6.79. The number of nitrogens with zero attached hydrogens (tertiary/aromatic N) is 1. The predicted octanol–water partition coefficient (Wildman–Crippen LogP) is 5.08. The number of carbonyl (C=O) groups excluding carboxylic acids is 2. The molecular weight excluding hydrogens is 446 g/mol. The average molecular weight is 464 g/mol. The smallest absolute Gasteiger partial charge is 0.300 e. The van der Waals surface area contributed by atoms with E-state index in [0.29, 0.717) is 22.6 Å². The van der Waals surface area contributed by atoms with Gasteiger partial charge in [0.2, 0.25) is 0 Å². The van der Waals surface area contributed by atoms with Crippen molar-refractivity contribution in [3.63, 3.8) is 0 Å². The van der Waals surface area contributed by atoms with Crippen molar-refractivity contribution >= 4 is 39.1 Å². The summed E-state index contributed by atoms with van der Waals surface area (Å²) in [5.74, 6) is -0.961. The lowest BCUT2D eigenvalue weighted by molar-refractivity contribution is -0.132. The van der Waals surface area contributed by atoms with Gasteiger partial charge < -0.3 is 9.84 Å². The molecule has 0 bridgehead atoms. The third kappa shape index (κ3) is 3.50. The minimum atomic E-state index is -0.773. The largest absolute Gasteiger partial charge is 0.507 e. The van der Waals surface area contributed by atoms with Crippen molar-refractivity contribution in [1.82, 2.24) is 0 Å². The number of ether oxygens (including phenoxy) is 1. The molecule has 150 valence electrons. The van der Waals surface area contributed by atoms with Crippen molar-refractivity contribution in [3.05, 3.63) is 100 Å². The van der Waals surface area contributed by atoms with E-state index < -0.39 is 17.7 Å². The Balaban J connectivity index is 1.94. The molecule has 3 aromatic carbocycles. The number of aliphatic hydroxyl groups excluding tert-OH is 1. The lowest BCUT2D eigenvalue weighted by Crippen LogP contribution is -2.29. The maximum atomic E-state index is 13.1. The van der Waals surface area contributed by atoms with Crippen LogP contribution in [0.4, 0.5) is 5.69 Å². The summed E-state index contributed by atoms with van der Waals surface area (Å²) in [5.41, 5.74) is 1.77. The molecule has 0 radical (unpaired) electrons. The third-order valence-corrected chi connectivity index (χ3v) is 5.50. The number of anilines is 1. The minimum absolute atomic E-state index is 0.0522. The maximum absolute atomic E-state index is 13.1. The van der Waals surface area contributed by atoms with Crippen LogP contribution < -0.4 is 9.64 Å². The van der Waals surface area contributed by atoms with Crippen LogP contribution in [0.5, 0.6) is 5.75 Å². The second kappa shape index (κ2) is 8.16. The van der Waals surface area contributed by atoms with Gasteiger partial charge in [-0.3, -0.25) is 14.5 Å². The van der Waals surface area contributed by atoms with Gasteiger partial charge in [0.1, 0.15) is 11.5 Å². The topological polar surface area (TPSA) is 66.8 Å². The Morgan fingerprint density at radius 3 is 2.30 bits per heavy atom. The summed E-state index contributed by atoms with van der Waals surface area (Å²) in [6.45, 7) is 0. The molecule has 1 atom stereocenters. The molecule has 1 N–H and O–H groups in total. The van der Waals surface area contributed by atoms with Gasteiger partial charge in [-0.2, -0.15) is 0 Å². The summed E-state index contributed by atoms with van der Waals surface area (Å²) < 4.78 is 6.01.